The maximum absolute atomic E-state index is 12.8. The molecule has 0 aromatic heterocycles. The van der Waals surface area contributed by atoms with Crippen molar-refractivity contribution >= 4 is 11.9 Å². The lowest BCUT2D eigenvalue weighted by atomic mass is 9.51. The van der Waals surface area contributed by atoms with Crippen LogP contribution < -0.4 is 0 Å². The number of epoxide rings is 1. The second-order valence-electron chi connectivity index (χ2n) is 8.58. The SMILES string of the molecule is C/C=C(/CO)C(=O)O[C@@H]1C2=C(C)C(=O)O[C@]2(OC)C[C@@]23O[C@@H]2CC[C@H](C)[C@@]13C. The standard InChI is InChI=1S/C21H28O7/c1-6-13(9-22)18(24)26-16-15-12(3)17(23)28-21(15,25-5)10-20-14(27-20)8-7-11(2)19(16,20)4/h6,11,14,16,22H,7-10H2,1-5H3/b13-6-/t11-,14+,16+,19-,20+,21+/m0/s1. The summed E-state index contributed by atoms with van der Waals surface area (Å²) in [6.45, 7) is 7.15. The van der Waals surface area contributed by atoms with Gasteiger partial charge in [0.1, 0.15) is 11.7 Å². The third-order valence-electron chi connectivity index (χ3n) is 7.63. The summed E-state index contributed by atoms with van der Waals surface area (Å²) in [5, 5.41) is 9.50. The Bertz CT molecular complexity index is 799. The highest BCUT2D eigenvalue weighted by molar-refractivity contribution is 5.93. The molecule has 3 fully saturated rings. The molecule has 0 bridgehead atoms. The normalized spacial score (nSPS) is 44.4. The first-order valence-corrected chi connectivity index (χ1v) is 9.85. The highest BCUT2D eigenvalue weighted by atomic mass is 16.7. The number of ether oxygens (including phenoxy) is 4. The average Bonchev–Trinajstić information content (AvgIpc) is 3.32. The van der Waals surface area contributed by atoms with Crippen molar-refractivity contribution in [1.82, 2.24) is 0 Å². The van der Waals surface area contributed by atoms with Crippen molar-refractivity contribution in [3.63, 3.8) is 0 Å². The Labute approximate surface area is 164 Å². The van der Waals surface area contributed by atoms with Crippen molar-refractivity contribution in [3.05, 3.63) is 22.8 Å². The molecule has 0 aromatic carbocycles. The third-order valence-corrected chi connectivity index (χ3v) is 7.63. The zero-order valence-corrected chi connectivity index (χ0v) is 17.0. The van der Waals surface area contributed by atoms with E-state index in [1.807, 2.05) is 0 Å². The van der Waals surface area contributed by atoms with Gasteiger partial charge in [0.25, 0.3) is 0 Å². The first-order chi connectivity index (χ1) is 13.2. The zero-order valence-electron chi connectivity index (χ0n) is 17.0. The number of fused-ring (bicyclic) bond motifs is 1. The predicted octanol–water partition coefficient (Wildman–Crippen LogP) is 2.03. The Balaban J connectivity index is 1.87. The number of carbonyl (C=O) groups excluding carboxylic acids is 2. The number of carbonyl (C=O) groups is 2. The van der Waals surface area contributed by atoms with Gasteiger partial charge in [-0.2, -0.15) is 0 Å². The van der Waals surface area contributed by atoms with Crippen molar-refractivity contribution in [1.29, 1.82) is 0 Å². The molecule has 1 spiro atoms. The van der Waals surface area contributed by atoms with E-state index < -0.39 is 41.5 Å². The first kappa shape index (κ1) is 19.6. The monoisotopic (exact) mass is 392 g/mol. The van der Waals surface area contributed by atoms with E-state index >= 15 is 0 Å². The van der Waals surface area contributed by atoms with Gasteiger partial charge in [-0.05, 0) is 32.6 Å². The molecule has 7 nitrogen and oxygen atoms in total. The van der Waals surface area contributed by atoms with E-state index in [1.54, 1.807) is 13.8 Å². The Kier molecular flexibility index (Phi) is 4.30. The van der Waals surface area contributed by atoms with Crippen LogP contribution in [0.2, 0.25) is 0 Å². The van der Waals surface area contributed by atoms with Crippen LogP contribution >= 0.6 is 0 Å². The summed E-state index contributed by atoms with van der Waals surface area (Å²) < 4.78 is 23.7. The maximum Gasteiger partial charge on any atom is 0.336 e. The van der Waals surface area contributed by atoms with E-state index in [9.17, 15) is 14.7 Å². The molecular formula is C21H28O7. The van der Waals surface area contributed by atoms with E-state index in [2.05, 4.69) is 13.8 Å². The molecule has 2 aliphatic heterocycles. The van der Waals surface area contributed by atoms with Crippen LogP contribution in [0.4, 0.5) is 0 Å². The molecule has 4 aliphatic rings. The van der Waals surface area contributed by atoms with Crippen LogP contribution in [0, 0.1) is 11.3 Å². The van der Waals surface area contributed by atoms with Crippen molar-refractivity contribution in [3.8, 4) is 0 Å². The highest BCUT2D eigenvalue weighted by Crippen LogP contribution is 2.71. The lowest BCUT2D eigenvalue weighted by molar-refractivity contribution is -0.236. The summed E-state index contributed by atoms with van der Waals surface area (Å²) in [5.74, 6) is -2.16. The molecule has 1 N–H and O–H groups in total. The van der Waals surface area contributed by atoms with Crippen molar-refractivity contribution in [2.75, 3.05) is 13.7 Å². The van der Waals surface area contributed by atoms with Crippen LogP contribution in [-0.2, 0) is 28.5 Å². The lowest BCUT2D eigenvalue weighted by Crippen LogP contribution is -2.65. The quantitative estimate of drug-likeness (QED) is 0.444. The minimum Gasteiger partial charge on any atom is -0.453 e. The minimum atomic E-state index is -1.28. The minimum absolute atomic E-state index is 0.0297. The zero-order chi connectivity index (χ0) is 20.5. The van der Waals surface area contributed by atoms with Crippen molar-refractivity contribution < 1.29 is 33.6 Å². The van der Waals surface area contributed by atoms with Gasteiger partial charge in [-0.25, -0.2) is 9.59 Å². The molecule has 2 saturated carbocycles. The van der Waals surface area contributed by atoms with Crippen LogP contribution in [-0.4, -0.2) is 54.4 Å². The van der Waals surface area contributed by atoms with Crippen LogP contribution in [0.5, 0.6) is 0 Å². The molecule has 2 aliphatic carbocycles. The van der Waals surface area contributed by atoms with Gasteiger partial charge >= 0.3 is 11.9 Å². The van der Waals surface area contributed by atoms with Gasteiger partial charge in [-0.3, -0.25) is 0 Å². The fourth-order valence-electron chi connectivity index (χ4n) is 5.64. The Morgan fingerprint density at radius 2 is 2.11 bits per heavy atom. The molecule has 6 atom stereocenters. The molecular weight excluding hydrogens is 364 g/mol. The fourth-order valence-corrected chi connectivity index (χ4v) is 5.64. The van der Waals surface area contributed by atoms with Gasteiger partial charge < -0.3 is 24.1 Å². The van der Waals surface area contributed by atoms with E-state index in [1.165, 1.54) is 13.2 Å². The fraction of sp³-hybridized carbons (Fsp3) is 0.714. The van der Waals surface area contributed by atoms with Gasteiger partial charge in [-0.15, -0.1) is 0 Å². The topological polar surface area (TPSA) is 94.6 Å². The second kappa shape index (κ2) is 6.15. The van der Waals surface area contributed by atoms with Crippen molar-refractivity contribution in [2.45, 2.75) is 70.6 Å². The summed E-state index contributed by atoms with van der Waals surface area (Å²) >= 11 is 0. The van der Waals surface area contributed by atoms with E-state index in [0.29, 0.717) is 17.6 Å². The Morgan fingerprint density at radius 1 is 1.39 bits per heavy atom. The number of hydrogen-bond donors (Lipinski definition) is 1. The Morgan fingerprint density at radius 3 is 2.71 bits per heavy atom. The molecule has 0 aromatic rings. The van der Waals surface area contributed by atoms with Crippen LogP contribution in [0.1, 0.15) is 47.0 Å². The molecule has 7 heteroatoms. The molecule has 28 heavy (non-hydrogen) atoms. The molecule has 0 unspecified atom stereocenters. The third kappa shape index (κ3) is 2.21. The summed E-state index contributed by atoms with van der Waals surface area (Å²) in [7, 11) is 1.50. The summed E-state index contributed by atoms with van der Waals surface area (Å²) in [6, 6.07) is 0. The van der Waals surface area contributed by atoms with Gasteiger partial charge in [0.15, 0.2) is 0 Å². The number of hydrogen-bond acceptors (Lipinski definition) is 7. The smallest absolute Gasteiger partial charge is 0.336 e. The molecule has 154 valence electrons. The average molecular weight is 392 g/mol. The molecule has 2 heterocycles. The Hall–Kier alpha value is -1.70. The largest absolute Gasteiger partial charge is 0.453 e. The molecule has 0 radical (unpaired) electrons. The number of aliphatic hydroxyl groups excluding tert-OH is 1. The van der Waals surface area contributed by atoms with Crippen molar-refractivity contribution in [2.24, 2.45) is 11.3 Å². The van der Waals surface area contributed by atoms with Gasteiger partial charge in [0.2, 0.25) is 5.79 Å². The maximum atomic E-state index is 12.8. The summed E-state index contributed by atoms with van der Waals surface area (Å²) in [6.07, 6.45) is 3.06. The summed E-state index contributed by atoms with van der Waals surface area (Å²) in [4.78, 5) is 25.3. The van der Waals surface area contributed by atoms with Crippen LogP contribution in [0.25, 0.3) is 0 Å². The number of rotatable bonds is 4. The van der Waals surface area contributed by atoms with Gasteiger partial charge in [0, 0.05) is 18.1 Å². The van der Waals surface area contributed by atoms with Crippen LogP contribution in [0.15, 0.2) is 22.8 Å². The highest BCUT2D eigenvalue weighted by Gasteiger charge is 2.81. The predicted molar refractivity (Wildman–Crippen MR) is 98.0 cm³/mol. The molecule has 1 saturated heterocycles. The number of allylic oxidation sites excluding steroid dienone is 1. The van der Waals surface area contributed by atoms with E-state index in [-0.39, 0.29) is 17.6 Å². The number of methoxy groups -OCH3 is 1. The van der Waals surface area contributed by atoms with E-state index in [0.717, 1.165) is 12.8 Å². The summed E-state index contributed by atoms with van der Waals surface area (Å²) in [5.41, 5.74) is 0.0444. The van der Waals surface area contributed by atoms with Gasteiger partial charge in [0.05, 0.1) is 30.3 Å². The lowest BCUT2D eigenvalue weighted by Gasteiger charge is -2.55. The number of aliphatic hydroxyl groups is 1. The molecule has 0 amide bonds. The van der Waals surface area contributed by atoms with Crippen LogP contribution in [0.3, 0.4) is 0 Å². The van der Waals surface area contributed by atoms with Gasteiger partial charge in [-0.1, -0.05) is 19.9 Å². The second-order valence-corrected chi connectivity index (χ2v) is 8.58. The first-order valence-electron chi connectivity index (χ1n) is 9.85. The molecule has 4 rings (SSSR count). The number of esters is 2. The van der Waals surface area contributed by atoms with E-state index in [4.69, 9.17) is 18.9 Å².